The van der Waals surface area contributed by atoms with E-state index in [4.69, 9.17) is 14.2 Å². The molecule has 2 heterocycles. The monoisotopic (exact) mass is 357 g/mol. The molecule has 4 rings (SSSR count). The van der Waals surface area contributed by atoms with Gasteiger partial charge in [0.2, 0.25) is 0 Å². The van der Waals surface area contributed by atoms with Crippen LogP contribution in [0.5, 0.6) is 17.2 Å². The van der Waals surface area contributed by atoms with Gasteiger partial charge in [-0.05, 0) is 29.8 Å². The molecule has 0 aliphatic carbocycles. The minimum absolute atomic E-state index is 0.0117. The molecule has 2 aliphatic heterocycles. The SMILES string of the molecule is COc1ccccc1C(=O)N1CCSC1c1ccc2c(c1)OCCO2. The molecule has 0 saturated carbocycles. The number of methoxy groups -OCH3 is 1. The molecule has 6 heteroatoms. The van der Waals surface area contributed by atoms with Crippen LogP contribution >= 0.6 is 11.8 Å². The van der Waals surface area contributed by atoms with Crippen molar-refractivity contribution in [3.8, 4) is 17.2 Å². The van der Waals surface area contributed by atoms with E-state index in [-0.39, 0.29) is 11.3 Å². The van der Waals surface area contributed by atoms with Gasteiger partial charge in [-0.2, -0.15) is 0 Å². The smallest absolute Gasteiger partial charge is 0.258 e. The highest BCUT2D eigenvalue weighted by molar-refractivity contribution is 7.99. The number of fused-ring (bicyclic) bond motifs is 1. The second-order valence-electron chi connectivity index (χ2n) is 5.83. The van der Waals surface area contributed by atoms with Crippen molar-refractivity contribution >= 4 is 17.7 Å². The van der Waals surface area contributed by atoms with E-state index in [0.29, 0.717) is 31.1 Å². The third kappa shape index (κ3) is 3.02. The average Bonchev–Trinajstić information content (AvgIpc) is 3.16. The fourth-order valence-electron chi connectivity index (χ4n) is 3.14. The number of thioether (sulfide) groups is 1. The van der Waals surface area contributed by atoms with Gasteiger partial charge in [-0.1, -0.05) is 18.2 Å². The molecule has 1 saturated heterocycles. The highest BCUT2D eigenvalue weighted by Crippen LogP contribution is 2.42. The molecule has 130 valence electrons. The first-order valence-corrected chi connectivity index (χ1v) is 9.28. The van der Waals surface area contributed by atoms with E-state index in [1.54, 1.807) is 18.9 Å². The van der Waals surface area contributed by atoms with Gasteiger partial charge >= 0.3 is 0 Å². The number of rotatable bonds is 3. The second kappa shape index (κ2) is 6.88. The highest BCUT2D eigenvalue weighted by Gasteiger charge is 2.33. The number of para-hydroxylation sites is 1. The number of benzene rings is 2. The van der Waals surface area contributed by atoms with Gasteiger partial charge < -0.3 is 19.1 Å². The fourth-order valence-corrected chi connectivity index (χ4v) is 4.39. The molecule has 0 aromatic heterocycles. The number of ether oxygens (including phenoxy) is 3. The molecule has 25 heavy (non-hydrogen) atoms. The summed E-state index contributed by atoms with van der Waals surface area (Å²) < 4.78 is 16.6. The Morgan fingerprint density at radius 2 is 1.96 bits per heavy atom. The van der Waals surface area contributed by atoms with Crippen LogP contribution in [0, 0.1) is 0 Å². The largest absolute Gasteiger partial charge is 0.496 e. The van der Waals surface area contributed by atoms with Gasteiger partial charge in [-0.3, -0.25) is 4.79 Å². The van der Waals surface area contributed by atoms with E-state index in [9.17, 15) is 4.79 Å². The average molecular weight is 357 g/mol. The van der Waals surface area contributed by atoms with E-state index in [0.717, 1.165) is 22.8 Å². The molecule has 2 aromatic rings. The number of hydrogen-bond acceptors (Lipinski definition) is 5. The summed E-state index contributed by atoms with van der Waals surface area (Å²) in [5.41, 5.74) is 1.64. The second-order valence-corrected chi connectivity index (χ2v) is 7.01. The predicted molar refractivity (Wildman–Crippen MR) is 96.7 cm³/mol. The van der Waals surface area contributed by atoms with Crippen molar-refractivity contribution in [1.29, 1.82) is 0 Å². The molecule has 5 nitrogen and oxygen atoms in total. The Morgan fingerprint density at radius 1 is 1.16 bits per heavy atom. The molecular weight excluding hydrogens is 338 g/mol. The van der Waals surface area contributed by atoms with Crippen molar-refractivity contribution < 1.29 is 19.0 Å². The van der Waals surface area contributed by atoms with Gasteiger partial charge in [0.25, 0.3) is 5.91 Å². The molecule has 2 aromatic carbocycles. The van der Waals surface area contributed by atoms with Gasteiger partial charge in [0.1, 0.15) is 24.3 Å². The summed E-state index contributed by atoms with van der Waals surface area (Å²) in [6, 6.07) is 13.3. The molecule has 0 bridgehead atoms. The summed E-state index contributed by atoms with van der Waals surface area (Å²) >= 11 is 1.76. The van der Waals surface area contributed by atoms with E-state index in [1.807, 2.05) is 47.4 Å². The molecule has 0 N–H and O–H groups in total. The minimum Gasteiger partial charge on any atom is -0.496 e. The van der Waals surface area contributed by atoms with Crippen LogP contribution in [0.25, 0.3) is 0 Å². The van der Waals surface area contributed by atoms with Crippen molar-refractivity contribution in [2.45, 2.75) is 5.37 Å². The van der Waals surface area contributed by atoms with Crippen molar-refractivity contribution in [3.05, 3.63) is 53.6 Å². The highest BCUT2D eigenvalue weighted by atomic mass is 32.2. The van der Waals surface area contributed by atoms with Crippen molar-refractivity contribution in [3.63, 3.8) is 0 Å². The molecule has 2 aliphatic rings. The van der Waals surface area contributed by atoms with E-state index < -0.39 is 0 Å². The number of carbonyl (C=O) groups excluding carboxylic acids is 1. The van der Waals surface area contributed by atoms with Crippen LogP contribution in [0.4, 0.5) is 0 Å². The molecule has 1 unspecified atom stereocenters. The Balaban J connectivity index is 1.63. The van der Waals surface area contributed by atoms with Crippen molar-refractivity contribution in [1.82, 2.24) is 4.90 Å². The van der Waals surface area contributed by atoms with Crippen LogP contribution < -0.4 is 14.2 Å². The summed E-state index contributed by atoms with van der Waals surface area (Å²) in [5, 5.41) is -0.0340. The summed E-state index contributed by atoms with van der Waals surface area (Å²) in [5.74, 6) is 3.01. The zero-order valence-electron chi connectivity index (χ0n) is 13.9. The van der Waals surface area contributed by atoms with Gasteiger partial charge in [0.15, 0.2) is 11.5 Å². The summed E-state index contributed by atoms with van der Waals surface area (Å²) in [6.45, 7) is 1.84. The van der Waals surface area contributed by atoms with Crippen LogP contribution in [0.2, 0.25) is 0 Å². The van der Waals surface area contributed by atoms with E-state index in [1.165, 1.54) is 0 Å². The molecular formula is C19H19NO4S. The first-order chi connectivity index (χ1) is 12.3. The van der Waals surface area contributed by atoms with Gasteiger partial charge in [0.05, 0.1) is 12.7 Å². The van der Waals surface area contributed by atoms with Crippen LogP contribution in [0.3, 0.4) is 0 Å². The predicted octanol–water partition coefficient (Wildman–Crippen LogP) is 3.35. The standard InChI is InChI=1S/C19H19NO4S/c1-22-15-5-3-2-4-14(15)18(21)20-8-11-25-19(20)13-6-7-16-17(12-13)24-10-9-23-16/h2-7,12,19H,8-11H2,1H3. The maximum Gasteiger partial charge on any atom is 0.258 e. The Kier molecular flexibility index (Phi) is 4.44. The van der Waals surface area contributed by atoms with Crippen molar-refractivity contribution in [2.75, 3.05) is 32.6 Å². The molecule has 1 fully saturated rings. The number of carbonyl (C=O) groups is 1. The lowest BCUT2D eigenvalue weighted by Gasteiger charge is -2.26. The quantitative estimate of drug-likeness (QED) is 0.843. The number of nitrogens with zero attached hydrogens (tertiary/aromatic N) is 1. The van der Waals surface area contributed by atoms with Gasteiger partial charge in [-0.15, -0.1) is 11.8 Å². The first kappa shape index (κ1) is 16.1. The minimum atomic E-state index is -0.0340. The maximum absolute atomic E-state index is 13.1. The molecule has 0 radical (unpaired) electrons. The summed E-state index contributed by atoms with van der Waals surface area (Å²) in [4.78, 5) is 15.0. The lowest BCUT2D eigenvalue weighted by Crippen LogP contribution is -2.30. The first-order valence-electron chi connectivity index (χ1n) is 8.23. The number of hydrogen-bond donors (Lipinski definition) is 0. The van der Waals surface area contributed by atoms with Crippen LogP contribution in [0.15, 0.2) is 42.5 Å². The van der Waals surface area contributed by atoms with E-state index >= 15 is 0 Å². The van der Waals surface area contributed by atoms with E-state index in [2.05, 4.69) is 0 Å². The fraction of sp³-hybridized carbons (Fsp3) is 0.316. The molecule has 0 spiro atoms. The normalized spacial score (nSPS) is 18.9. The van der Waals surface area contributed by atoms with Crippen molar-refractivity contribution in [2.24, 2.45) is 0 Å². The third-order valence-electron chi connectivity index (χ3n) is 4.34. The lowest BCUT2D eigenvalue weighted by atomic mass is 10.1. The Labute approximate surface area is 150 Å². The Hall–Kier alpha value is -2.34. The third-order valence-corrected chi connectivity index (χ3v) is 5.60. The Bertz CT molecular complexity index is 795. The molecule has 1 amide bonds. The number of amides is 1. The zero-order valence-corrected chi connectivity index (χ0v) is 14.8. The lowest BCUT2D eigenvalue weighted by molar-refractivity contribution is 0.0756. The molecule has 1 atom stereocenters. The van der Waals surface area contributed by atoms with Crippen LogP contribution in [-0.4, -0.2) is 43.4 Å². The van der Waals surface area contributed by atoms with Crippen LogP contribution in [0.1, 0.15) is 21.3 Å². The Morgan fingerprint density at radius 3 is 2.80 bits per heavy atom. The zero-order chi connectivity index (χ0) is 17.2. The van der Waals surface area contributed by atoms with Gasteiger partial charge in [0, 0.05) is 12.3 Å². The topological polar surface area (TPSA) is 48.0 Å². The summed E-state index contributed by atoms with van der Waals surface area (Å²) in [6.07, 6.45) is 0. The van der Waals surface area contributed by atoms with Crippen LogP contribution in [-0.2, 0) is 0 Å². The van der Waals surface area contributed by atoms with Gasteiger partial charge in [-0.25, -0.2) is 0 Å². The summed E-state index contributed by atoms with van der Waals surface area (Å²) in [7, 11) is 1.59. The maximum atomic E-state index is 13.1.